The first-order valence-corrected chi connectivity index (χ1v) is 6.87. The molecule has 2 N–H and O–H groups in total. The SMILES string of the molecule is CCC(NC(C)c1cccc(O)c1)C1CCCO1. The Morgan fingerprint density at radius 1 is 1.50 bits per heavy atom. The van der Waals surface area contributed by atoms with Crippen LogP contribution in [0.4, 0.5) is 0 Å². The van der Waals surface area contributed by atoms with Gasteiger partial charge in [-0.15, -0.1) is 0 Å². The van der Waals surface area contributed by atoms with E-state index in [-0.39, 0.29) is 6.04 Å². The smallest absolute Gasteiger partial charge is 0.115 e. The van der Waals surface area contributed by atoms with Crippen molar-refractivity contribution in [2.24, 2.45) is 0 Å². The number of nitrogens with one attached hydrogen (secondary N) is 1. The fourth-order valence-electron chi connectivity index (χ4n) is 2.62. The highest BCUT2D eigenvalue weighted by Gasteiger charge is 2.25. The first-order valence-electron chi connectivity index (χ1n) is 6.87. The van der Waals surface area contributed by atoms with E-state index in [0.29, 0.717) is 17.9 Å². The standard InChI is InChI=1S/C15H23NO2/c1-3-14(15-8-5-9-18-15)16-11(2)12-6-4-7-13(17)10-12/h4,6-7,10-11,14-17H,3,5,8-9H2,1-2H3. The van der Waals surface area contributed by atoms with Crippen LogP contribution in [0.3, 0.4) is 0 Å². The Labute approximate surface area is 109 Å². The molecule has 3 atom stereocenters. The van der Waals surface area contributed by atoms with E-state index in [1.54, 1.807) is 6.07 Å². The van der Waals surface area contributed by atoms with E-state index in [9.17, 15) is 5.11 Å². The average Bonchev–Trinajstić information content (AvgIpc) is 2.89. The van der Waals surface area contributed by atoms with Gasteiger partial charge in [0.05, 0.1) is 6.10 Å². The lowest BCUT2D eigenvalue weighted by Gasteiger charge is -2.27. The van der Waals surface area contributed by atoms with Crippen LogP contribution in [0.5, 0.6) is 5.75 Å². The van der Waals surface area contributed by atoms with E-state index in [0.717, 1.165) is 25.0 Å². The number of aromatic hydroxyl groups is 1. The van der Waals surface area contributed by atoms with E-state index in [1.165, 1.54) is 6.42 Å². The van der Waals surface area contributed by atoms with Gasteiger partial charge >= 0.3 is 0 Å². The second kappa shape index (κ2) is 6.21. The molecule has 0 bridgehead atoms. The molecule has 1 aromatic carbocycles. The summed E-state index contributed by atoms with van der Waals surface area (Å²) in [7, 11) is 0. The van der Waals surface area contributed by atoms with Crippen molar-refractivity contribution in [2.45, 2.75) is 51.3 Å². The van der Waals surface area contributed by atoms with Gasteiger partial charge in [-0.05, 0) is 43.9 Å². The minimum Gasteiger partial charge on any atom is -0.508 e. The van der Waals surface area contributed by atoms with Gasteiger partial charge in [0, 0.05) is 18.7 Å². The molecule has 3 heteroatoms. The number of phenolic OH excluding ortho intramolecular Hbond substituents is 1. The molecule has 0 saturated carbocycles. The summed E-state index contributed by atoms with van der Waals surface area (Å²) >= 11 is 0. The number of hydrogen-bond acceptors (Lipinski definition) is 3. The third kappa shape index (κ3) is 3.24. The van der Waals surface area contributed by atoms with Crippen LogP contribution in [0, 0.1) is 0 Å². The van der Waals surface area contributed by atoms with Crippen LogP contribution in [0.1, 0.15) is 44.7 Å². The Morgan fingerprint density at radius 3 is 2.94 bits per heavy atom. The Hall–Kier alpha value is -1.06. The summed E-state index contributed by atoms with van der Waals surface area (Å²) in [5, 5.41) is 13.1. The molecule has 100 valence electrons. The molecule has 2 rings (SSSR count). The van der Waals surface area contributed by atoms with Crippen molar-refractivity contribution in [2.75, 3.05) is 6.61 Å². The van der Waals surface area contributed by atoms with Crippen LogP contribution in [-0.2, 0) is 4.74 Å². The van der Waals surface area contributed by atoms with Gasteiger partial charge in [0.25, 0.3) is 0 Å². The summed E-state index contributed by atoms with van der Waals surface area (Å²) in [6.07, 6.45) is 3.73. The number of ether oxygens (including phenoxy) is 1. The molecule has 1 aliphatic heterocycles. The Balaban J connectivity index is 1.98. The zero-order valence-electron chi connectivity index (χ0n) is 11.2. The fraction of sp³-hybridized carbons (Fsp3) is 0.600. The molecule has 1 heterocycles. The number of phenols is 1. The summed E-state index contributed by atoms with van der Waals surface area (Å²) in [6, 6.07) is 8.07. The molecular formula is C15H23NO2. The lowest BCUT2D eigenvalue weighted by molar-refractivity contribution is 0.0735. The summed E-state index contributed by atoms with van der Waals surface area (Å²) in [5.41, 5.74) is 1.12. The molecule has 0 amide bonds. The predicted octanol–water partition coefficient (Wildman–Crippen LogP) is 3.00. The topological polar surface area (TPSA) is 41.5 Å². The first kappa shape index (κ1) is 13.4. The normalized spacial score (nSPS) is 22.9. The van der Waals surface area contributed by atoms with Crippen molar-refractivity contribution in [3.05, 3.63) is 29.8 Å². The number of hydrogen-bond donors (Lipinski definition) is 2. The van der Waals surface area contributed by atoms with Gasteiger partial charge in [-0.2, -0.15) is 0 Å². The van der Waals surface area contributed by atoms with Crippen molar-refractivity contribution in [3.63, 3.8) is 0 Å². The molecule has 3 unspecified atom stereocenters. The van der Waals surface area contributed by atoms with Crippen molar-refractivity contribution in [3.8, 4) is 5.75 Å². The molecule has 1 aromatic rings. The fourth-order valence-corrected chi connectivity index (χ4v) is 2.62. The Kier molecular flexibility index (Phi) is 4.61. The van der Waals surface area contributed by atoms with Gasteiger partial charge in [0.15, 0.2) is 0 Å². The maximum Gasteiger partial charge on any atom is 0.115 e. The van der Waals surface area contributed by atoms with Crippen LogP contribution in [0.25, 0.3) is 0 Å². The average molecular weight is 249 g/mol. The molecule has 1 aliphatic rings. The summed E-state index contributed by atoms with van der Waals surface area (Å²) in [5.74, 6) is 0.325. The number of rotatable bonds is 5. The van der Waals surface area contributed by atoms with Crippen LogP contribution < -0.4 is 5.32 Å². The van der Waals surface area contributed by atoms with Crippen LogP contribution in [-0.4, -0.2) is 23.9 Å². The van der Waals surface area contributed by atoms with Crippen molar-refractivity contribution in [1.82, 2.24) is 5.32 Å². The lowest BCUT2D eigenvalue weighted by Crippen LogP contribution is -2.40. The summed E-state index contributed by atoms with van der Waals surface area (Å²) in [6.45, 7) is 5.21. The van der Waals surface area contributed by atoms with Crippen LogP contribution in [0.15, 0.2) is 24.3 Å². The van der Waals surface area contributed by atoms with Gasteiger partial charge in [0.2, 0.25) is 0 Å². The molecular weight excluding hydrogens is 226 g/mol. The van der Waals surface area contributed by atoms with Crippen LogP contribution >= 0.6 is 0 Å². The highest BCUT2D eigenvalue weighted by molar-refractivity contribution is 5.29. The zero-order chi connectivity index (χ0) is 13.0. The molecule has 1 fully saturated rings. The number of benzene rings is 1. The second-order valence-corrected chi connectivity index (χ2v) is 5.05. The zero-order valence-corrected chi connectivity index (χ0v) is 11.2. The lowest BCUT2D eigenvalue weighted by atomic mass is 10.0. The van der Waals surface area contributed by atoms with E-state index in [4.69, 9.17) is 4.74 Å². The van der Waals surface area contributed by atoms with Crippen LogP contribution in [0.2, 0.25) is 0 Å². The van der Waals surface area contributed by atoms with Gasteiger partial charge < -0.3 is 15.2 Å². The molecule has 18 heavy (non-hydrogen) atoms. The molecule has 1 saturated heterocycles. The highest BCUT2D eigenvalue weighted by Crippen LogP contribution is 2.22. The Morgan fingerprint density at radius 2 is 2.33 bits per heavy atom. The second-order valence-electron chi connectivity index (χ2n) is 5.05. The van der Waals surface area contributed by atoms with Crippen molar-refractivity contribution in [1.29, 1.82) is 0 Å². The van der Waals surface area contributed by atoms with E-state index < -0.39 is 0 Å². The molecule has 0 spiro atoms. The highest BCUT2D eigenvalue weighted by atomic mass is 16.5. The van der Waals surface area contributed by atoms with Crippen molar-refractivity contribution < 1.29 is 9.84 Å². The minimum atomic E-state index is 0.228. The van der Waals surface area contributed by atoms with Crippen molar-refractivity contribution >= 4 is 0 Å². The molecule has 0 aromatic heterocycles. The minimum absolute atomic E-state index is 0.228. The van der Waals surface area contributed by atoms with E-state index >= 15 is 0 Å². The largest absolute Gasteiger partial charge is 0.508 e. The maximum absolute atomic E-state index is 9.51. The Bertz CT molecular complexity index is 375. The van der Waals surface area contributed by atoms with E-state index in [2.05, 4.69) is 19.2 Å². The maximum atomic E-state index is 9.51. The van der Waals surface area contributed by atoms with Gasteiger partial charge in [-0.1, -0.05) is 19.1 Å². The van der Waals surface area contributed by atoms with Gasteiger partial charge in [-0.25, -0.2) is 0 Å². The molecule has 0 radical (unpaired) electrons. The summed E-state index contributed by atoms with van der Waals surface area (Å²) in [4.78, 5) is 0. The quantitative estimate of drug-likeness (QED) is 0.843. The van der Waals surface area contributed by atoms with Gasteiger partial charge in [-0.3, -0.25) is 0 Å². The third-order valence-electron chi connectivity index (χ3n) is 3.69. The third-order valence-corrected chi connectivity index (χ3v) is 3.69. The van der Waals surface area contributed by atoms with E-state index in [1.807, 2.05) is 18.2 Å². The predicted molar refractivity (Wildman–Crippen MR) is 72.7 cm³/mol. The summed E-state index contributed by atoms with van der Waals surface area (Å²) < 4.78 is 5.75. The molecule has 0 aliphatic carbocycles. The first-order chi connectivity index (χ1) is 8.70. The monoisotopic (exact) mass is 249 g/mol. The molecule has 3 nitrogen and oxygen atoms in total. The van der Waals surface area contributed by atoms with Gasteiger partial charge in [0.1, 0.15) is 5.75 Å².